The molecule has 0 bridgehead atoms. The molecule has 0 atom stereocenters. The minimum Gasteiger partial charge on any atom is -0.315 e. The Morgan fingerprint density at radius 1 is 1.21 bits per heavy atom. The van der Waals surface area contributed by atoms with Crippen molar-refractivity contribution in [3.05, 3.63) is 42.3 Å². The fraction of sp³-hybridized carbons (Fsp3) is 0.400. The molecule has 3 rings (SSSR count). The second-order valence-electron chi connectivity index (χ2n) is 5.12. The lowest BCUT2D eigenvalue weighted by molar-refractivity contribution is 0.543. The monoisotopic (exact) mass is 259 g/mol. The van der Waals surface area contributed by atoms with Crippen LogP contribution < -0.4 is 5.32 Å². The van der Waals surface area contributed by atoms with Gasteiger partial charge in [-0.3, -0.25) is 4.68 Å². The van der Waals surface area contributed by atoms with E-state index in [0.29, 0.717) is 0 Å². The van der Waals surface area contributed by atoms with Gasteiger partial charge in [0.15, 0.2) is 0 Å². The van der Waals surface area contributed by atoms with Gasteiger partial charge in [-0.25, -0.2) is 4.39 Å². The Morgan fingerprint density at radius 2 is 2.00 bits per heavy atom. The Morgan fingerprint density at radius 3 is 2.74 bits per heavy atom. The zero-order valence-electron chi connectivity index (χ0n) is 10.8. The van der Waals surface area contributed by atoms with Gasteiger partial charge in [-0.1, -0.05) is 0 Å². The SMILES string of the molecule is Fc1ccc(-c2ccn(CCNCC3CC3)n2)cc1. The molecule has 1 aromatic heterocycles. The van der Waals surface area contributed by atoms with Gasteiger partial charge >= 0.3 is 0 Å². The van der Waals surface area contributed by atoms with Gasteiger partial charge in [0.1, 0.15) is 5.82 Å². The smallest absolute Gasteiger partial charge is 0.123 e. The van der Waals surface area contributed by atoms with Crippen LogP contribution in [0.2, 0.25) is 0 Å². The Bertz CT molecular complexity index is 529. The summed E-state index contributed by atoms with van der Waals surface area (Å²) in [5.74, 6) is 0.694. The lowest BCUT2D eigenvalue weighted by atomic mass is 10.1. The van der Waals surface area contributed by atoms with Crippen LogP contribution in [0.5, 0.6) is 0 Å². The van der Waals surface area contributed by atoms with Crippen LogP contribution in [-0.4, -0.2) is 22.9 Å². The highest BCUT2D eigenvalue weighted by molar-refractivity contribution is 5.58. The van der Waals surface area contributed by atoms with Crippen molar-refractivity contribution < 1.29 is 4.39 Å². The van der Waals surface area contributed by atoms with E-state index < -0.39 is 0 Å². The first-order chi connectivity index (χ1) is 9.31. The van der Waals surface area contributed by atoms with Crippen molar-refractivity contribution in [1.82, 2.24) is 15.1 Å². The number of aromatic nitrogens is 2. The van der Waals surface area contributed by atoms with E-state index in [1.54, 1.807) is 12.1 Å². The minimum absolute atomic E-state index is 0.215. The van der Waals surface area contributed by atoms with Gasteiger partial charge < -0.3 is 5.32 Å². The van der Waals surface area contributed by atoms with E-state index in [9.17, 15) is 4.39 Å². The van der Waals surface area contributed by atoms with Crippen LogP contribution in [0, 0.1) is 11.7 Å². The van der Waals surface area contributed by atoms with Gasteiger partial charge in [-0.15, -0.1) is 0 Å². The first-order valence-electron chi connectivity index (χ1n) is 6.81. The number of hydrogen-bond donors (Lipinski definition) is 1. The molecule has 100 valence electrons. The van der Waals surface area contributed by atoms with Crippen LogP contribution in [0.15, 0.2) is 36.5 Å². The summed E-state index contributed by atoms with van der Waals surface area (Å²) in [6.07, 6.45) is 4.73. The Hall–Kier alpha value is -1.68. The lowest BCUT2D eigenvalue weighted by Gasteiger charge is -2.03. The van der Waals surface area contributed by atoms with Crippen LogP contribution in [0.1, 0.15) is 12.8 Å². The summed E-state index contributed by atoms with van der Waals surface area (Å²) in [6.45, 7) is 2.95. The standard InChI is InChI=1S/C15H18FN3/c16-14-5-3-13(4-6-14)15-7-9-19(18-15)10-8-17-11-12-1-2-12/h3-7,9,12,17H,1-2,8,10-11H2. The maximum absolute atomic E-state index is 12.8. The molecule has 0 unspecified atom stereocenters. The lowest BCUT2D eigenvalue weighted by Crippen LogP contribution is -2.22. The molecule has 0 saturated heterocycles. The Balaban J connectivity index is 1.54. The maximum atomic E-state index is 12.8. The first-order valence-corrected chi connectivity index (χ1v) is 6.81. The summed E-state index contributed by atoms with van der Waals surface area (Å²) < 4.78 is 14.8. The van der Waals surface area contributed by atoms with Gasteiger partial charge in [0.2, 0.25) is 0 Å². The molecule has 1 saturated carbocycles. The van der Waals surface area contributed by atoms with Crippen LogP contribution in [-0.2, 0) is 6.54 Å². The van der Waals surface area contributed by atoms with Crippen LogP contribution in [0.25, 0.3) is 11.3 Å². The summed E-state index contributed by atoms with van der Waals surface area (Å²) in [6, 6.07) is 8.41. The van der Waals surface area contributed by atoms with Gasteiger partial charge in [0.25, 0.3) is 0 Å². The fourth-order valence-corrected chi connectivity index (χ4v) is 2.08. The topological polar surface area (TPSA) is 29.9 Å². The molecule has 3 nitrogen and oxygen atoms in total. The van der Waals surface area contributed by atoms with Crippen LogP contribution in [0.3, 0.4) is 0 Å². The summed E-state index contributed by atoms with van der Waals surface area (Å²) in [5.41, 5.74) is 1.84. The number of benzene rings is 1. The predicted molar refractivity (Wildman–Crippen MR) is 73.2 cm³/mol. The second-order valence-corrected chi connectivity index (χ2v) is 5.12. The third-order valence-electron chi connectivity index (χ3n) is 3.43. The van der Waals surface area contributed by atoms with E-state index in [1.165, 1.54) is 25.0 Å². The Labute approximate surface area is 112 Å². The average molecular weight is 259 g/mol. The molecule has 2 aromatic rings. The molecule has 0 aliphatic heterocycles. The van der Waals surface area contributed by atoms with E-state index >= 15 is 0 Å². The van der Waals surface area contributed by atoms with E-state index in [2.05, 4.69) is 10.4 Å². The Kier molecular flexibility index (Phi) is 3.60. The van der Waals surface area contributed by atoms with Gasteiger partial charge in [-0.05, 0) is 55.6 Å². The third-order valence-corrected chi connectivity index (χ3v) is 3.43. The molecule has 1 N–H and O–H groups in total. The molecule has 1 heterocycles. The van der Waals surface area contributed by atoms with Crippen molar-refractivity contribution >= 4 is 0 Å². The van der Waals surface area contributed by atoms with Gasteiger partial charge in [0, 0.05) is 18.3 Å². The molecule has 1 aliphatic rings. The first kappa shape index (κ1) is 12.4. The normalized spacial score (nSPS) is 14.8. The quantitative estimate of drug-likeness (QED) is 0.808. The summed E-state index contributed by atoms with van der Waals surface area (Å²) >= 11 is 0. The molecular formula is C15H18FN3. The van der Waals surface area contributed by atoms with E-state index in [1.807, 2.05) is 16.9 Å². The van der Waals surface area contributed by atoms with Crippen molar-refractivity contribution in [3.63, 3.8) is 0 Å². The van der Waals surface area contributed by atoms with Crippen molar-refractivity contribution in [2.45, 2.75) is 19.4 Å². The molecule has 0 spiro atoms. The molecule has 19 heavy (non-hydrogen) atoms. The number of rotatable bonds is 6. The molecule has 1 aromatic carbocycles. The van der Waals surface area contributed by atoms with Crippen molar-refractivity contribution in [2.24, 2.45) is 5.92 Å². The van der Waals surface area contributed by atoms with Crippen molar-refractivity contribution in [3.8, 4) is 11.3 Å². The number of nitrogens with zero attached hydrogens (tertiary/aromatic N) is 2. The largest absolute Gasteiger partial charge is 0.315 e. The van der Waals surface area contributed by atoms with E-state index in [0.717, 1.165) is 36.8 Å². The highest BCUT2D eigenvalue weighted by atomic mass is 19.1. The second kappa shape index (κ2) is 5.53. The molecule has 0 radical (unpaired) electrons. The van der Waals surface area contributed by atoms with E-state index in [4.69, 9.17) is 0 Å². The molecule has 1 fully saturated rings. The van der Waals surface area contributed by atoms with Crippen molar-refractivity contribution in [1.29, 1.82) is 0 Å². The number of hydrogen-bond acceptors (Lipinski definition) is 2. The number of halogens is 1. The van der Waals surface area contributed by atoms with Crippen molar-refractivity contribution in [2.75, 3.05) is 13.1 Å². The highest BCUT2D eigenvalue weighted by Crippen LogP contribution is 2.27. The summed E-state index contributed by atoms with van der Waals surface area (Å²) in [4.78, 5) is 0. The van der Waals surface area contributed by atoms with Crippen LogP contribution >= 0.6 is 0 Å². The molecular weight excluding hydrogens is 241 g/mol. The zero-order valence-corrected chi connectivity index (χ0v) is 10.8. The van der Waals surface area contributed by atoms with E-state index in [-0.39, 0.29) is 5.82 Å². The maximum Gasteiger partial charge on any atom is 0.123 e. The van der Waals surface area contributed by atoms with Gasteiger partial charge in [0.05, 0.1) is 12.2 Å². The minimum atomic E-state index is -0.215. The third kappa shape index (κ3) is 3.41. The zero-order chi connectivity index (χ0) is 13.1. The molecule has 4 heteroatoms. The predicted octanol–water partition coefficient (Wildman–Crippen LogP) is 2.69. The summed E-state index contributed by atoms with van der Waals surface area (Å²) in [5, 5.41) is 7.94. The average Bonchev–Trinajstić information content (AvgIpc) is 3.13. The van der Waals surface area contributed by atoms with Crippen LogP contribution in [0.4, 0.5) is 4.39 Å². The highest BCUT2D eigenvalue weighted by Gasteiger charge is 2.19. The fourth-order valence-electron chi connectivity index (χ4n) is 2.08. The molecule has 0 amide bonds. The number of nitrogens with one attached hydrogen (secondary N) is 1. The summed E-state index contributed by atoms with van der Waals surface area (Å²) in [7, 11) is 0. The molecule has 1 aliphatic carbocycles. The van der Waals surface area contributed by atoms with Gasteiger partial charge in [-0.2, -0.15) is 5.10 Å².